The van der Waals surface area contributed by atoms with Crippen LogP contribution in [0.1, 0.15) is 54.9 Å². The van der Waals surface area contributed by atoms with Gasteiger partial charge in [0.2, 0.25) is 0 Å². The first kappa shape index (κ1) is 17.8. The Morgan fingerprint density at radius 1 is 1.07 bits per heavy atom. The molecule has 1 aliphatic carbocycles. The molecule has 1 aliphatic heterocycles. The van der Waals surface area contributed by atoms with Crippen molar-refractivity contribution < 1.29 is 4.63 Å². The maximum atomic E-state index is 4.90. The number of piperidine rings is 1. The lowest BCUT2D eigenvalue weighted by molar-refractivity contribution is 0.200. The van der Waals surface area contributed by atoms with Gasteiger partial charge in [-0.15, -0.1) is 10.2 Å². The van der Waals surface area contributed by atoms with Gasteiger partial charge in [-0.3, -0.25) is 4.90 Å². The fourth-order valence-corrected chi connectivity index (χ4v) is 4.32. The molecule has 3 heterocycles. The van der Waals surface area contributed by atoms with E-state index in [0.29, 0.717) is 12.0 Å². The van der Waals surface area contributed by atoms with E-state index in [4.69, 9.17) is 4.63 Å². The second kappa shape index (κ2) is 7.25. The van der Waals surface area contributed by atoms with Crippen LogP contribution in [0.3, 0.4) is 0 Å². The molecule has 0 bridgehead atoms. The highest BCUT2D eigenvalue weighted by Gasteiger charge is 2.33. The van der Waals surface area contributed by atoms with Crippen LogP contribution in [0.5, 0.6) is 0 Å². The molecule has 1 aromatic carbocycles. The predicted octanol–water partition coefficient (Wildman–Crippen LogP) is 2.59. The standard InChI is InChI=1S/C20H27N7O/c1-25(2)13-18-21-22-20(27(18)16-6-7-16)14-8-10-26(11-9-14)12-15-4-3-5-17-19(15)24-28-23-17/h3-5,14,16H,6-13H2,1-2H3. The second-order valence-corrected chi connectivity index (χ2v) is 8.41. The van der Waals surface area contributed by atoms with Gasteiger partial charge in [0, 0.05) is 18.5 Å². The lowest BCUT2D eigenvalue weighted by Gasteiger charge is -2.31. The Labute approximate surface area is 164 Å². The monoisotopic (exact) mass is 381 g/mol. The number of rotatable bonds is 6. The van der Waals surface area contributed by atoms with E-state index in [1.165, 1.54) is 24.2 Å². The summed E-state index contributed by atoms with van der Waals surface area (Å²) in [6, 6.07) is 6.71. The molecule has 2 aliphatic rings. The molecule has 0 spiro atoms. The SMILES string of the molecule is CN(C)Cc1nnc(C2CCN(Cc3cccc4nonc34)CC2)n1C1CC1. The van der Waals surface area contributed by atoms with Gasteiger partial charge in [-0.25, -0.2) is 4.63 Å². The Kier molecular flexibility index (Phi) is 4.60. The molecule has 0 atom stereocenters. The first-order chi connectivity index (χ1) is 13.7. The smallest absolute Gasteiger partial charge is 0.147 e. The van der Waals surface area contributed by atoms with E-state index >= 15 is 0 Å². The summed E-state index contributed by atoms with van der Waals surface area (Å²) < 4.78 is 7.35. The topological polar surface area (TPSA) is 76.1 Å². The third-order valence-electron chi connectivity index (χ3n) is 5.88. The van der Waals surface area contributed by atoms with Crippen LogP contribution in [0.15, 0.2) is 22.8 Å². The Morgan fingerprint density at radius 3 is 2.64 bits per heavy atom. The van der Waals surface area contributed by atoms with Gasteiger partial charge in [0.05, 0.1) is 6.54 Å². The van der Waals surface area contributed by atoms with E-state index in [0.717, 1.165) is 55.9 Å². The molecule has 0 unspecified atom stereocenters. The normalized spacial score (nSPS) is 19.1. The average molecular weight is 381 g/mol. The van der Waals surface area contributed by atoms with Gasteiger partial charge in [-0.2, -0.15) is 0 Å². The van der Waals surface area contributed by atoms with Gasteiger partial charge < -0.3 is 9.47 Å². The quantitative estimate of drug-likeness (QED) is 0.649. The highest BCUT2D eigenvalue weighted by Crippen LogP contribution is 2.40. The minimum Gasteiger partial charge on any atom is -0.311 e. The third-order valence-corrected chi connectivity index (χ3v) is 5.88. The maximum Gasteiger partial charge on any atom is 0.147 e. The highest BCUT2D eigenvalue weighted by molar-refractivity contribution is 5.76. The summed E-state index contributed by atoms with van der Waals surface area (Å²) in [5, 5.41) is 17.2. The van der Waals surface area contributed by atoms with E-state index in [9.17, 15) is 0 Å². The van der Waals surface area contributed by atoms with Crippen LogP contribution in [0, 0.1) is 0 Å². The molecule has 8 heteroatoms. The number of aromatic nitrogens is 5. The van der Waals surface area contributed by atoms with Crippen molar-refractivity contribution in [1.29, 1.82) is 0 Å². The number of benzene rings is 1. The summed E-state index contributed by atoms with van der Waals surface area (Å²) in [6.45, 7) is 3.87. The Morgan fingerprint density at radius 2 is 1.89 bits per heavy atom. The van der Waals surface area contributed by atoms with Crippen molar-refractivity contribution in [3.05, 3.63) is 35.4 Å². The summed E-state index contributed by atoms with van der Waals surface area (Å²) in [6.07, 6.45) is 4.78. The van der Waals surface area contributed by atoms with Gasteiger partial charge in [0.1, 0.15) is 22.7 Å². The predicted molar refractivity (Wildman–Crippen MR) is 105 cm³/mol. The minimum absolute atomic E-state index is 0.504. The van der Waals surface area contributed by atoms with Gasteiger partial charge >= 0.3 is 0 Å². The molecular formula is C20H27N7O. The van der Waals surface area contributed by atoms with Crippen LogP contribution in [-0.4, -0.2) is 62.1 Å². The fraction of sp³-hybridized carbons (Fsp3) is 0.600. The first-order valence-corrected chi connectivity index (χ1v) is 10.2. The minimum atomic E-state index is 0.504. The lowest BCUT2D eigenvalue weighted by Crippen LogP contribution is -2.33. The van der Waals surface area contributed by atoms with Crippen LogP contribution >= 0.6 is 0 Å². The summed E-state index contributed by atoms with van der Waals surface area (Å²) in [4.78, 5) is 4.67. The summed E-state index contributed by atoms with van der Waals surface area (Å²) >= 11 is 0. The average Bonchev–Trinajstić information content (AvgIpc) is 3.25. The van der Waals surface area contributed by atoms with Gasteiger partial charge in [0.15, 0.2) is 0 Å². The molecule has 0 radical (unpaired) electrons. The summed E-state index contributed by atoms with van der Waals surface area (Å²) in [5.41, 5.74) is 2.90. The number of hydrogen-bond donors (Lipinski definition) is 0. The Bertz CT molecular complexity index is 951. The van der Waals surface area contributed by atoms with Crippen LogP contribution in [0.4, 0.5) is 0 Å². The zero-order valence-electron chi connectivity index (χ0n) is 16.6. The zero-order valence-corrected chi connectivity index (χ0v) is 16.6. The van der Waals surface area contributed by atoms with Crippen molar-refractivity contribution in [3.8, 4) is 0 Å². The second-order valence-electron chi connectivity index (χ2n) is 8.41. The van der Waals surface area contributed by atoms with Crippen molar-refractivity contribution in [1.82, 2.24) is 34.9 Å². The highest BCUT2D eigenvalue weighted by atomic mass is 16.6. The molecule has 2 fully saturated rings. The van der Waals surface area contributed by atoms with Gasteiger partial charge in [-0.05, 0) is 74.8 Å². The van der Waals surface area contributed by atoms with E-state index < -0.39 is 0 Å². The van der Waals surface area contributed by atoms with E-state index in [2.05, 4.69) is 55.0 Å². The van der Waals surface area contributed by atoms with E-state index in [1.54, 1.807) is 0 Å². The van der Waals surface area contributed by atoms with Crippen molar-refractivity contribution >= 4 is 11.0 Å². The van der Waals surface area contributed by atoms with Crippen LogP contribution in [-0.2, 0) is 13.1 Å². The largest absolute Gasteiger partial charge is 0.311 e. The molecule has 0 N–H and O–H groups in total. The number of hydrogen-bond acceptors (Lipinski definition) is 7. The molecule has 0 amide bonds. The molecule has 1 saturated carbocycles. The maximum absolute atomic E-state index is 4.90. The molecule has 28 heavy (non-hydrogen) atoms. The third kappa shape index (κ3) is 3.42. The van der Waals surface area contributed by atoms with Gasteiger partial charge in [-0.1, -0.05) is 12.1 Å². The Balaban J connectivity index is 1.27. The molecule has 3 aromatic rings. The van der Waals surface area contributed by atoms with Gasteiger partial charge in [0.25, 0.3) is 0 Å². The number of fused-ring (bicyclic) bond motifs is 1. The lowest BCUT2D eigenvalue weighted by atomic mass is 9.95. The molecule has 5 rings (SSSR count). The first-order valence-electron chi connectivity index (χ1n) is 10.2. The van der Waals surface area contributed by atoms with Crippen LogP contribution in [0.25, 0.3) is 11.0 Å². The fourth-order valence-electron chi connectivity index (χ4n) is 4.32. The summed E-state index contributed by atoms with van der Waals surface area (Å²) in [5.74, 6) is 2.83. The molecule has 148 valence electrons. The van der Waals surface area contributed by atoms with Crippen molar-refractivity contribution in [2.75, 3.05) is 27.2 Å². The van der Waals surface area contributed by atoms with E-state index in [-0.39, 0.29) is 0 Å². The van der Waals surface area contributed by atoms with Crippen molar-refractivity contribution in [2.24, 2.45) is 0 Å². The Hall–Kier alpha value is -2.32. The van der Waals surface area contributed by atoms with Crippen molar-refractivity contribution in [3.63, 3.8) is 0 Å². The number of likely N-dealkylation sites (tertiary alicyclic amines) is 1. The molecule has 2 aromatic heterocycles. The van der Waals surface area contributed by atoms with Crippen LogP contribution < -0.4 is 0 Å². The molecule has 1 saturated heterocycles. The zero-order chi connectivity index (χ0) is 19.1. The molecular weight excluding hydrogens is 354 g/mol. The number of nitrogens with zero attached hydrogens (tertiary/aromatic N) is 7. The van der Waals surface area contributed by atoms with Crippen LogP contribution in [0.2, 0.25) is 0 Å². The van der Waals surface area contributed by atoms with E-state index in [1.807, 2.05) is 12.1 Å². The van der Waals surface area contributed by atoms with Crippen molar-refractivity contribution in [2.45, 2.75) is 50.7 Å². The summed E-state index contributed by atoms with van der Waals surface area (Å²) in [7, 11) is 4.18. The molecule has 8 nitrogen and oxygen atoms in total.